The van der Waals surface area contributed by atoms with Gasteiger partial charge in [0.2, 0.25) is 5.91 Å². The molecule has 0 bridgehead atoms. The molecule has 2 aliphatic rings. The van der Waals surface area contributed by atoms with E-state index >= 15 is 0 Å². The smallest absolute Gasteiger partial charge is 0.407 e. The minimum atomic E-state index is -0.568. The Bertz CT molecular complexity index is 823. The molecule has 1 aromatic rings. The van der Waals surface area contributed by atoms with Crippen molar-refractivity contribution in [3.8, 4) is 0 Å². The molecule has 1 saturated carbocycles. The molecule has 2 amide bonds. The third-order valence-corrected chi connectivity index (χ3v) is 5.90. The molecule has 1 fully saturated rings. The molecule has 0 radical (unpaired) electrons. The van der Waals surface area contributed by atoms with Gasteiger partial charge in [-0.1, -0.05) is 12.1 Å². The zero-order valence-electron chi connectivity index (χ0n) is 18.6. The molecule has 2 aliphatic carbocycles. The van der Waals surface area contributed by atoms with Gasteiger partial charge >= 0.3 is 6.09 Å². The molecule has 0 saturated heterocycles. The van der Waals surface area contributed by atoms with Crippen molar-refractivity contribution >= 4 is 17.8 Å². The molecule has 0 heterocycles. The van der Waals surface area contributed by atoms with Gasteiger partial charge in [-0.05, 0) is 82.9 Å². The first-order valence-electron chi connectivity index (χ1n) is 11.0. The van der Waals surface area contributed by atoms with Crippen LogP contribution in [0.15, 0.2) is 18.2 Å². The molecule has 0 aliphatic heterocycles. The monoisotopic (exact) mass is 414 g/mol. The molecule has 3 rings (SSSR count). The van der Waals surface area contributed by atoms with Crippen LogP contribution in [0.1, 0.15) is 81.3 Å². The number of carbonyl (C=O) groups excluding carboxylic acids is 3. The lowest BCUT2D eigenvalue weighted by atomic mass is 9.95. The maximum absolute atomic E-state index is 12.6. The molecular weight excluding hydrogens is 380 g/mol. The van der Waals surface area contributed by atoms with Gasteiger partial charge in [0.05, 0.1) is 5.54 Å². The third kappa shape index (κ3) is 6.07. The number of alkyl carbamates (subject to hydrolysis) is 1. The molecule has 6 nitrogen and oxygen atoms in total. The molecule has 0 aromatic heterocycles. The molecule has 1 atom stereocenters. The van der Waals surface area contributed by atoms with Crippen molar-refractivity contribution in [3.63, 3.8) is 0 Å². The van der Waals surface area contributed by atoms with Crippen molar-refractivity contribution < 1.29 is 19.1 Å². The van der Waals surface area contributed by atoms with Crippen LogP contribution >= 0.6 is 0 Å². The summed E-state index contributed by atoms with van der Waals surface area (Å²) in [6, 6.07) is 5.91. The summed E-state index contributed by atoms with van der Waals surface area (Å²) < 4.78 is 5.29. The van der Waals surface area contributed by atoms with E-state index in [1.165, 1.54) is 11.1 Å². The molecule has 164 valence electrons. The number of Topliss-reactive ketones (excluding diaryl/α,β-unsaturated/α-hetero) is 1. The number of fused-ring (bicyclic) bond motifs is 1. The lowest BCUT2D eigenvalue weighted by Gasteiger charge is -2.32. The van der Waals surface area contributed by atoms with Gasteiger partial charge in [-0.15, -0.1) is 0 Å². The highest BCUT2D eigenvalue weighted by atomic mass is 16.6. The zero-order valence-corrected chi connectivity index (χ0v) is 18.6. The molecular formula is C24H34N2O4. The maximum atomic E-state index is 12.6. The number of hydrogen-bond acceptors (Lipinski definition) is 4. The van der Waals surface area contributed by atoms with E-state index in [2.05, 4.69) is 10.6 Å². The van der Waals surface area contributed by atoms with E-state index in [9.17, 15) is 14.4 Å². The third-order valence-electron chi connectivity index (χ3n) is 5.90. The van der Waals surface area contributed by atoms with Crippen LogP contribution in [-0.2, 0) is 22.4 Å². The first-order chi connectivity index (χ1) is 14.1. The van der Waals surface area contributed by atoms with E-state index in [1.807, 2.05) is 45.9 Å². The van der Waals surface area contributed by atoms with Gasteiger partial charge in [0.15, 0.2) is 5.78 Å². The molecule has 0 spiro atoms. The van der Waals surface area contributed by atoms with Crippen LogP contribution in [-0.4, -0.2) is 35.5 Å². The topological polar surface area (TPSA) is 84.5 Å². The number of ether oxygens (including phenoxy) is 1. The highest BCUT2D eigenvalue weighted by molar-refractivity contribution is 5.98. The van der Waals surface area contributed by atoms with E-state index in [1.54, 1.807) is 0 Å². The van der Waals surface area contributed by atoms with Gasteiger partial charge in [-0.2, -0.15) is 0 Å². The molecule has 30 heavy (non-hydrogen) atoms. The van der Waals surface area contributed by atoms with Crippen molar-refractivity contribution in [2.75, 3.05) is 6.54 Å². The van der Waals surface area contributed by atoms with E-state index in [4.69, 9.17) is 4.74 Å². The number of benzene rings is 1. The van der Waals surface area contributed by atoms with Crippen molar-refractivity contribution in [1.29, 1.82) is 0 Å². The van der Waals surface area contributed by atoms with Crippen molar-refractivity contribution in [1.82, 2.24) is 10.6 Å². The minimum absolute atomic E-state index is 0.000134. The summed E-state index contributed by atoms with van der Waals surface area (Å²) in [4.78, 5) is 37.1. The Hall–Kier alpha value is -2.37. The second kappa shape index (κ2) is 8.78. The normalized spacial score (nSPS) is 17.6. The molecule has 1 aromatic carbocycles. The average Bonchev–Trinajstić information content (AvgIpc) is 3.42. The van der Waals surface area contributed by atoms with Crippen molar-refractivity contribution in [3.05, 3.63) is 34.9 Å². The predicted octanol–water partition coefficient (Wildman–Crippen LogP) is 3.95. The first kappa shape index (κ1) is 22.3. The van der Waals surface area contributed by atoms with Crippen LogP contribution in [0.3, 0.4) is 0 Å². The lowest BCUT2D eigenvalue weighted by Crippen LogP contribution is -2.55. The Labute approximate surface area is 179 Å². The predicted molar refractivity (Wildman–Crippen MR) is 116 cm³/mol. The standard InChI is InChI=1S/C24H34N2O4/c1-23(2,3)30-22(29)25-15-24(4,19-10-11-19)26-21(28)13-12-20(27)18-9-8-16-6-5-7-17(16)14-18/h8-9,14,19H,5-7,10-13,15H2,1-4H3,(H,25,29)(H,26,28). The van der Waals surface area contributed by atoms with Crippen LogP contribution in [0.4, 0.5) is 4.79 Å². The summed E-state index contributed by atoms with van der Waals surface area (Å²) in [7, 11) is 0. The summed E-state index contributed by atoms with van der Waals surface area (Å²) in [6.45, 7) is 7.69. The number of carbonyl (C=O) groups is 3. The fourth-order valence-electron chi connectivity index (χ4n) is 4.08. The minimum Gasteiger partial charge on any atom is -0.444 e. The number of rotatable bonds is 8. The maximum Gasteiger partial charge on any atom is 0.407 e. The number of amides is 2. The Morgan fingerprint density at radius 2 is 1.73 bits per heavy atom. The van der Waals surface area contributed by atoms with E-state index in [0.29, 0.717) is 18.0 Å². The second-order valence-corrected chi connectivity index (χ2v) is 9.86. The lowest BCUT2D eigenvalue weighted by molar-refractivity contribution is -0.123. The van der Waals surface area contributed by atoms with Gasteiger partial charge in [-0.3, -0.25) is 9.59 Å². The van der Waals surface area contributed by atoms with Crippen molar-refractivity contribution in [2.45, 2.75) is 83.8 Å². The van der Waals surface area contributed by atoms with Gasteiger partial charge in [0.1, 0.15) is 5.60 Å². The van der Waals surface area contributed by atoms with Crippen LogP contribution in [0, 0.1) is 5.92 Å². The number of ketones is 1. The Morgan fingerprint density at radius 1 is 1.03 bits per heavy atom. The summed E-state index contributed by atoms with van der Waals surface area (Å²) in [5.74, 6) is 0.161. The highest BCUT2D eigenvalue weighted by Gasteiger charge is 2.43. The summed E-state index contributed by atoms with van der Waals surface area (Å²) in [6.07, 6.45) is 5.13. The highest BCUT2D eigenvalue weighted by Crippen LogP contribution is 2.39. The van der Waals surface area contributed by atoms with E-state index < -0.39 is 17.2 Å². The van der Waals surface area contributed by atoms with Crippen LogP contribution in [0.5, 0.6) is 0 Å². The van der Waals surface area contributed by atoms with E-state index in [0.717, 1.165) is 32.1 Å². The number of nitrogens with one attached hydrogen (secondary N) is 2. The van der Waals surface area contributed by atoms with E-state index in [-0.39, 0.29) is 24.5 Å². The summed E-state index contributed by atoms with van der Waals surface area (Å²) >= 11 is 0. The zero-order chi connectivity index (χ0) is 21.9. The SMILES string of the molecule is CC(C)(C)OC(=O)NCC(C)(NC(=O)CCC(=O)c1ccc2c(c1)CCC2)C1CC1. The van der Waals surface area contributed by atoms with Gasteiger partial charge < -0.3 is 15.4 Å². The number of aryl methyl sites for hydroxylation is 2. The van der Waals surface area contributed by atoms with Crippen LogP contribution in [0.25, 0.3) is 0 Å². The largest absolute Gasteiger partial charge is 0.444 e. The fourth-order valence-corrected chi connectivity index (χ4v) is 4.08. The Morgan fingerprint density at radius 3 is 2.40 bits per heavy atom. The van der Waals surface area contributed by atoms with Gasteiger partial charge in [0, 0.05) is 24.9 Å². The average molecular weight is 415 g/mol. The Kier molecular flexibility index (Phi) is 6.53. The van der Waals surface area contributed by atoms with Gasteiger partial charge in [-0.25, -0.2) is 4.79 Å². The second-order valence-electron chi connectivity index (χ2n) is 9.86. The van der Waals surface area contributed by atoms with Crippen LogP contribution in [0.2, 0.25) is 0 Å². The van der Waals surface area contributed by atoms with Gasteiger partial charge in [0.25, 0.3) is 0 Å². The molecule has 1 unspecified atom stereocenters. The molecule has 2 N–H and O–H groups in total. The quantitative estimate of drug-likeness (QED) is 0.631. The van der Waals surface area contributed by atoms with Crippen LogP contribution < -0.4 is 10.6 Å². The summed E-state index contributed by atoms with van der Waals surface area (Å²) in [5.41, 5.74) is 2.19. The Balaban J connectivity index is 1.50. The number of hydrogen-bond donors (Lipinski definition) is 2. The fraction of sp³-hybridized carbons (Fsp3) is 0.625. The first-order valence-corrected chi connectivity index (χ1v) is 11.0. The van der Waals surface area contributed by atoms with Crippen molar-refractivity contribution in [2.24, 2.45) is 5.92 Å². The summed E-state index contributed by atoms with van der Waals surface area (Å²) in [5, 5.41) is 5.84. The molecule has 6 heteroatoms.